The second-order valence-corrected chi connectivity index (χ2v) is 2.76. The number of aryl methyl sites for hydroxylation is 1. The van der Waals surface area contributed by atoms with Gasteiger partial charge in [0.2, 0.25) is 0 Å². The summed E-state index contributed by atoms with van der Waals surface area (Å²) in [5, 5.41) is 7.25. The van der Waals surface area contributed by atoms with Gasteiger partial charge in [0.05, 0.1) is 0 Å². The van der Waals surface area contributed by atoms with Crippen LogP contribution >= 0.6 is 0 Å². The highest BCUT2D eigenvalue weighted by Gasteiger charge is 2.06. The first-order chi connectivity index (χ1) is 5.04. The highest BCUT2D eigenvalue weighted by atomic mass is 15.0. The van der Waals surface area contributed by atoms with Gasteiger partial charge in [-0.2, -0.15) is 0 Å². The topological polar surface area (TPSA) is 54.8 Å². The highest BCUT2D eigenvalue weighted by molar-refractivity contribution is 5.96. The van der Waals surface area contributed by atoms with Crippen molar-refractivity contribution in [2.45, 2.75) is 13.8 Å². The van der Waals surface area contributed by atoms with Crippen molar-refractivity contribution in [3.63, 3.8) is 0 Å². The summed E-state index contributed by atoms with van der Waals surface area (Å²) in [6, 6.07) is 1.93. The molecule has 1 aromatic rings. The first kappa shape index (κ1) is 7.85. The van der Waals surface area contributed by atoms with Crippen LogP contribution in [0, 0.1) is 19.3 Å². The molecule has 0 aliphatic carbocycles. The number of nitrogen functional groups attached to an aromatic ring is 1. The maximum Gasteiger partial charge on any atom is 0.124 e. The van der Waals surface area contributed by atoms with E-state index in [0.717, 1.165) is 17.0 Å². The molecule has 0 aliphatic heterocycles. The summed E-state index contributed by atoms with van der Waals surface area (Å²) >= 11 is 0. The van der Waals surface area contributed by atoms with Gasteiger partial charge < -0.3 is 10.3 Å². The standard InChI is InChI=1S/C8H13N3/c1-5-4-7(8(9)10)6(2)11(5)3/h4H,1-3H3,(H3,9,10). The van der Waals surface area contributed by atoms with Crippen LogP contribution in [-0.4, -0.2) is 10.4 Å². The Morgan fingerprint density at radius 2 is 2.09 bits per heavy atom. The van der Waals surface area contributed by atoms with Gasteiger partial charge in [-0.15, -0.1) is 0 Å². The van der Waals surface area contributed by atoms with Crippen LogP contribution in [0.15, 0.2) is 6.07 Å². The Morgan fingerprint density at radius 1 is 1.55 bits per heavy atom. The van der Waals surface area contributed by atoms with Gasteiger partial charge in [-0.25, -0.2) is 0 Å². The van der Waals surface area contributed by atoms with Gasteiger partial charge in [-0.1, -0.05) is 0 Å². The molecule has 0 amide bonds. The number of hydrogen-bond donors (Lipinski definition) is 2. The van der Waals surface area contributed by atoms with Crippen LogP contribution in [0.25, 0.3) is 0 Å². The lowest BCUT2D eigenvalue weighted by molar-refractivity contribution is 0.843. The number of nitrogens with two attached hydrogens (primary N) is 1. The van der Waals surface area contributed by atoms with Gasteiger partial charge in [-0.3, -0.25) is 5.41 Å². The quantitative estimate of drug-likeness (QED) is 0.455. The molecule has 0 aliphatic rings. The second kappa shape index (κ2) is 2.42. The molecule has 0 spiro atoms. The molecule has 3 nitrogen and oxygen atoms in total. The molecule has 0 saturated carbocycles. The van der Waals surface area contributed by atoms with E-state index in [1.807, 2.05) is 31.5 Å². The van der Waals surface area contributed by atoms with Crippen LogP contribution < -0.4 is 5.73 Å². The Balaban J connectivity index is 3.29. The zero-order valence-electron chi connectivity index (χ0n) is 7.10. The van der Waals surface area contributed by atoms with Gasteiger partial charge in [0, 0.05) is 24.0 Å². The molecule has 3 heteroatoms. The average molecular weight is 151 g/mol. The Kier molecular flexibility index (Phi) is 1.72. The molecule has 0 aromatic carbocycles. The highest BCUT2D eigenvalue weighted by Crippen LogP contribution is 2.11. The summed E-state index contributed by atoms with van der Waals surface area (Å²) in [7, 11) is 1.97. The summed E-state index contributed by atoms with van der Waals surface area (Å²) in [6.45, 7) is 3.96. The van der Waals surface area contributed by atoms with Gasteiger partial charge in [0.1, 0.15) is 5.84 Å². The second-order valence-electron chi connectivity index (χ2n) is 2.76. The monoisotopic (exact) mass is 151 g/mol. The predicted molar refractivity (Wildman–Crippen MR) is 45.9 cm³/mol. The van der Waals surface area contributed by atoms with Crippen LogP contribution in [0.1, 0.15) is 17.0 Å². The number of nitrogens with one attached hydrogen (secondary N) is 1. The fourth-order valence-corrected chi connectivity index (χ4v) is 1.13. The Labute approximate surface area is 66.3 Å². The number of aromatic nitrogens is 1. The third-order valence-electron chi connectivity index (χ3n) is 2.07. The molecule has 1 heterocycles. The Bertz CT molecular complexity index is 297. The zero-order valence-corrected chi connectivity index (χ0v) is 7.10. The van der Waals surface area contributed by atoms with E-state index in [-0.39, 0.29) is 5.84 Å². The minimum Gasteiger partial charge on any atom is -0.384 e. The zero-order chi connectivity index (χ0) is 8.59. The number of amidine groups is 1. The smallest absolute Gasteiger partial charge is 0.124 e. The van der Waals surface area contributed by atoms with E-state index in [1.54, 1.807) is 0 Å². The van der Waals surface area contributed by atoms with Crippen molar-refractivity contribution in [3.05, 3.63) is 23.0 Å². The number of hydrogen-bond acceptors (Lipinski definition) is 1. The summed E-state index contributed by atoms with van der Waals surface area (Å²) in [4.78, 5) is 0. The molecular weight excluding hydrogens is 138 g/mol. The first-order valence-electron chi connectivity index (χ1n) is 3.51. The van der Waals surface area contributed by atoms with E-state index in [9.17, 15) is 0 Å². The maximum absolute atomic E-state index is 7.25. The van der Waals surface area contributed by atoms with Crippen molar-refractivity contribution >= 4 is 5.84 Å². The van der Waals surface area contributed by atoms with Crippen LogP contribution in [0.2, 0.25) is 0 Å². The summed E-state index contributed by atoms with van der Waals surface area (Å²) in [5.41, 5.74) is 8.39. The predicted octanol–water partition coefficient (Wildman–Crippen LogP) is 0.926. The molecule has 0 bridgehead atoms. The van der Waals surface area contributed by atoms with E-state index >= 15 is 0 Å². The summed E-state index contributed by atoms with van der Waals surface area (Å²) in [5.74, 6) is 0.145. The third kappa shape index (κ3) is 1.13. The van der Waals surface area contributed by atoms with Crippen molar-refractivity contribution in [1.29, 1.82) is 5.41 Å². The molecule has 0 radical (unpaired) electrons. The molecular formula is C8H13N3. The van der Waals surface area contributed by atoms with Crippen molar-refractivity contribution in [2.24, 2.45) is 12.8 Å². The van der Waals surface area contributed by atoms with E-state index in [1.165, 1.54) is 0 Å². The fourth-order valence-electron chi connectivity index (χ4n) is 1.13. The third-order valence-corrected chi connectivity index (χ3v) is 2.07. The Hall–Kier alpha value is -1.25. The van der Waals surface area contributed by atoms with Crippen molar-refractivity contribution in [2.75, 3.05) is 0 Å². The van der Waals surface area contributed by atoms with Gasteiger partial charge in [0.25, 0.3) is 0 Å². The fraction of sp³-hybridized carbons (Fsp3) is 0.375. The Morgan fingerprint density at radius 3 is 2.27 bits per heavy atom. The lowest BCUT2D eigenvalue weighted by atomic mass is 10.2. The SMILES string of the molecule is Cc1cc(C(=N)N)c(C)n1C. The molecule has 0 saturated heterocycles. The molecule has 0 unspecified atom stereocenters. The molecule has 0 fully saturated rings. The lowest BCUT2D eigenvalue weighted by Crippen LogP contribution is -2.11. The first-order valence-corrected chi connectivity index (χ1v) is 3.51. The van der Waals surface area contributed by atoms with Crippen molar-refractivity contribution < 1.29 is 0 Å². The minimum atomic E-state index is 0.145. The van der Waals surface area contributed by atoms with Crippen LogP contribution in [-0.2, 0) is 7.05 Å². The van der Waals surface area contributed by atoms with Crippen LogP contribution in [0.5, 0.6) is 0 Å². The van der Waals surface area contributed by atoms with Gasteiger partial charge in [0.15, 0.2) is 0 Å². The van der Waals surface area contributed by atoms with E-state index in [4.69, 9.17) is 11.1 Å². The average Bonchev–Trinajstić information content (AvgIpc) is 2.17. The minimum absolute atomic E-state index is 0.145. The lowest BCUT2D eigenvalue weighted by Gasteiger charge is -1.99. The maximum atomic E-state index is 7.25. The van der Waals surface area contributed by atoms with Crippen molar-refractivity contribution in [1.82, 2.24) is 4.57 Å². The molecule has 1 aromatic heterocycles. The van der Waals surface area contributed by atoms with E-state index in [2.05, 4.69) is 0 Å². The molecule has 60 valence electrons. The molecule has 3 N–H and O–H groups in total. The van der Waals surface area contributed by atoms with Crippen LogP contribution in [0.3, 0.4) is 0 Å². The molecule has 11 heavy (non-hydrogen) atoms. The largest absolute Gasteiger partial charge is 0.384 e. The van der Waals surface area contributed by atoms with Crippen molar-refractivity contribution in [3.8, 4) is 0 Å². The number of nitrogens with zero attached hydrogens (tertiary/aromatic N) is 1. The normalized spacial score (nSPS) is 10.1. The van der Waals surface area contributed by atoms with Crippen LogP contribution in [0.4, 0.5) is 0 Å². The summed E-state index contributed by atoms with van der Waals surface area (Å²) < 4.78 is 2.02. The van der Waals surface area contributed by atoms with E-state index < -0.39 is 0 Å². The summed E-state index contributed by atoms with van der Waals surface area (Å²) in [6.07, 6.45) is 0. The molecule has 1 rings (SSSR count). The van der Waals surface area contributed by atoms with Gasteiger partial charge >= 0.3 is 0 Å². The van der Waals surface area contributed by atoms with E-state index in [0.29, 0.717) is 0 Å². The number of rotatable bonds is 1. The van der Waals surface area contributed by atoms with Gasteiger partial charge in [-0.05, 0) is 19.9 Å². The molecule has 0 atom stereocenters.